The highest BCUT2D eigenvalue weighted by atomic mass is 35.5. The average Bonchev–Trinajstić information content (AvgIpc) is 3.14. The van der Waals surface area contributed by atoms with Gasteiger partial charge in [0.2, 0.25) is 5.78 Å². The maximum atomic E-state index is 13.7. The second-order valence-corrected chi connectivity index (χ2v) is 8.33. The first kappa shape index (κ1) is 21.3. The molecule has 0 N–H and O–H groups in total. The average molecular weight is 461 g/mol. The summed E-state index contributed by atoms with van der Waals surface area (Å²) in [6.07, 6.45) is 0. The van der Waals surface area contributed by atoms with Gasteiger partial charge < -0.3 is 4.74 Å². The first-order chi connectivity index (χ1) is 14.7. The molecule has 0 aliphatic carbocycles. The number of hydrogen-bond acceptors (Lipinski definition) is 5. The molecule has 0 aromatic heterocycles. The molecule has 2 aliphatic rings. The Morgan fingerprint density at radius 3 is 2.00 bits per heavy atom. The van der Waals surface area contributed by atoms with Crippen LogP contribution in [0.25, 0.3) is 0 Å². The van der Waals surface area contributed by atoms with Crippen molar-refractivity contribution in [3.8, 4) is 0 Å². The number of hydrogen-bond donors (Lipinski definition) is 0. The Bertz CT molecular complexity index is 1090. The topological polar surface area (TPSA) is 84.0 Å². The molecule has 3 unspecified atom stereocenters. The molecule has 2 amide bonds. The van der Waals surface area contributed by atoms with Crippen LogP contribution in [-0.2, 0) is 23.9 Å². The summed E-state index contributed by atoms with van der Waals surface area (Å²) in [5.74, 6) is -4.22. The van der Waals surface area contributed by atoms with Crippen LogP contribution < -0.4 is 9.80 Å². The third kappa shape index (κ3) is 3.11. The third-order valence-electron chi connectivity index (χ3n) is 5.73. The van der Waals surface area contributed by atoms with Crippen LogP contribution in [0, 0.1) is 5.92 Å². The van der Waals surface area contributed by atoms with Crippen LogP contribution in [0.2, 0.25) is 10.0 Å². The molecule has 2 heterocycles. The minimum Gasteiger partial charge on any atom is -0.464 e. The predicted octanol–water partition coefficient (Wildman–Crippen LogP) is 3.26. The molecule has 31 heavy (non-hydrogen) atoms. The molecule has 0 radical (unpaired) electrons. The summed E-state index contributed by atoms with van der Waals surface area (Å²) >= 11 is 11.9. The summed E-state index contributed by atoms with van der Waals surface area (Å²) in [4.78, 5) is 55.2. The number of esters is 1. The highest BCUT2D eigenvalue weighted by Gasteiger charge is 2.71. The molecule has 3 atom stereocenters. The largest absolute Gasteiger partial charge is 0.464 e. The van der Waals surface area contributed by atoms with Gasteiger partial charge in [0, 0.05) is 21.4 Å². The van der Waals surface area contributed by atoms with Crippen LogP contribution in [0.1, 0.15) is 13.8 Å². The first-order valence-electron chi connectivity index (χ1n) is 9.61. The van der Waals surface area contributed by atoms with Gasteiger partial charge in [0.25, 0.3) is 11.8 Å². The zero-order valence-corrected chi connectivity index (χ0v) is 18.2. The van der Waals surface area contributed by atoms with Gasteiger partial charge in [-0.3, -0.25) is 24.2 Å². The lowest BCUT2D eigenvalue weighted by Gasteiger charge is -2.35. The van der Waals surface area contributed by atoms with Crippen molar-refractivity contribution in [1.82, 2.24) is 0 Å². The van der Waals surface area contributed by atoms with E-state index in [1.54, 1.807) is 55.5 Å². The molecule has 2 fully saturated rings. The Balaban J connectivity index is 1.89. The van der Waals surface area contributed by atoms with Crippen LogP contribution in [0.3, 0.4) is 0 Å². The van der Waals surface area contributed by atoms with Crippen molar-refractivity contribution in [1.29, 1.82) is 0 Å². The molecule has 2 saturated heterocycles. The SMILES string of the molecule is CCOC(=O)C1(C)C2C(=O)C(=O)N(c3ccc(Cl)cc3)C2C(=O)N1c1ccc(Cl)cc1. The standard InChI is InChI=1S/C22H18Cl2N2O5/c1-3-31-21(30)22(2)16-17(19(28)26(22)15-10-6-13(24)7-11-15)25(20(29)18(16)27)14-8-4-12(23)5-9-14/h4-11,16-17H,3H2,1-2H3. The molecule has 2 aromatic carbocycles. The Hall–Kier alpha value is -2.90. The maximum absolute atomic E-state index is 13.7. The number of fused-ring (bicyclic) bond motifs is 1. The van der Waals surface area contributed by atoms with Gasteiger partial charge >= 0.3 is 5.97 Å². The second kappa shape index (κ2) is 7.66. The van der Waals surface area contributed by atoms with Gasteiger partial charge in [-0.25, -0.2) is 4.79 Å². The minimum atomic E-state index is -1.71. The molecule has 2 aromatic rings. The van der Waals surface area contributed by atoms with E-state index in [2.05, 4.69) is 0 Å². The number of ether oxygens (including phenoxy) is 1. The molecule has 2 aliphatic heterocycles. The van der Waals surface area contributed by atoms with Crippen molar-refractivity contribution in [3.63, 3.8) is 0 Å². The summed E-state index contributed by atoms with van der Waals surface area (Å²) in [5, 5.41) is 0.887. The fourth-order valence-electron chi connectivity index (χ4n) is 4.35. The number of rotatable bonds is 4. The van der Waals surface area contributed by atoms with Crippen molar-refractivity contribution in [2.75, 3.05) is 16.4 Å². The molecular formula is C22H18Cl2N2O5. The van der Waals surface area contributed by atoms with E-state index in [1.807, 2.05) is 0 Å². The van der Waals surface area contributed by atoms with Crippen LogP contribution in [0.15, 0.2) is 48.5 Å². The van der Waals surface area contributed by atoms with E-state index in [1.165, 1.54) is 11.8 Å². The number of anilines is 2. The molecule has 0 bridgehead atoms. The van der Waals surface area contributed by atoms with Gasteiger partial charge in [-0.2, -0.15) is 0 Å². The number of amides is 2. The number of benzene rings is 2. The molecule has 0 spiro atoms. The first-order valence-corrected chi connectivity index (χ1v) is 10.4. The highest BCUT2D eigenvalue weighted by Crippen LogP contribution is 2.47. The third-order valence-corrected chi connectivity index (χ3v) is 6.23. The number of nitrogens with zero attached hydrogens (tertiary/aromatic N) is 2. The highest BCUT2D eigenvalue weighted by molar-refractivity contribution is 6.48. The van der Waals surface area contributed by atoms with Crippen molar-refractivity contribution in [3.05, 3.63) is 58.6 Å². The lowest BCUT2D eigenvalue weighted by atomic mass is 9.82. The number of Topliss-reactive ketones (excluding diaryl/α,β-unsaturated/α-hetero) is 1. The van der Waals surface area contributed by atoms with Crippen LogP contribution in [-0.4, -0.2) is 41.8 Å². The van der Waals surface area contributed by atoms with Crippen molar-refractivity contribution in [2.24, 2.45) is 5.92 Å². The number of halogens is 2. The molecule has 7 nitrogen and oxygen atoms in total. The smallest absolute Gasteiger partial charge is 0.333 e. The van der Waals surface area contributed by atoms with Gasteiger partial charge in [0.15, 0.2) is 5.54 Å². The summed E-state index contributed by atoms with van der Waals surface area (Å²) < 4.78 is 5.24. The van der Waals surface area contributed by atoms with E-state index in [9.17, 15) is 19.2 Å². The lowest BCUT2D eigenvalue weighted by molar-refractivity contribution is -0.152. The van der Waals surface area contributed by atoms with Gasteiger partial charge in [-0.15, -0.1) is 0 Å². The number of ketones is 1. The Labute approximate surface area is 188 Å². The van der Waals surface area contributed by atoms with E-state index < -0.39 is 41.1 Å². The van der Waals surface area contributed by atoms with E-state index in [4.69, 9.17) is 27.9 Å². The Morgan fingerprint density at radius 2 is 1.48 bits per heavy atom. The van der Waals surface area contributed by atoms with Crippen molar-refractivity contribution in [2.45, 2.75) is 25.4 Å². The van der Waals surface area contributed by atoms with Gasteiger partial charge in [-0.05, 0) is 62.4 Å². The lowest BCUT2D eigenvalue weighted by Crippen LogP contribution is -2.56. The van der Waals surface area contributed by atoms with Gasteiger partial charge in [0.05, 0.1) is 12.5 Å². The van der Waals surface area contributed by atoms with E-state index in [0.717, 1.165) is 4.90 Å². The fourth-order valence-corrected chi connectivity index (χ4v) is 4.60. The summed E-state index contributed by atoms with van der Waals surface area (Å²) in [6, 6.07) is 11.3. The van der Waals surface area contributed by atoms with Crippen molar-refractivity contribution < 1.29 is 23.9 Å². The van der Waals surface area contributed by atoms with Crippen molar-refractivity contribution >= 4 is 58.1 Å². The fraction of sp³-hybridized carbons (Fsp3) is 0.273. The minimum absolute atomic E-state index is 0.0531. The normalized spacial score (nSPS) is 25.2. The van der Waals surface area contributed by atoms with E-state index in [-0.39, 0.29) is 6.61 Å². The Kier molecular flexibility index (Phi) is 5.27. The second-order valence-electron chi connectivity index (χ2n) is 7.46. The summed E-state index contributed by atoms with van der Waals surface area (Å²) in [7, 11) is 0. The predicted molar refractivity (Wildman–Crippen MR) is 115 cm³/mol. The number of carbonyl (C=O) groups excluding carboxylic acids is 4. The van der Waals surface area contributed by atoms with Gasteiger partial charge in [-0.1, -0.05) is 23.2 Å². The molecule has 9 heteroatoms. The molecule has 160 valence electrons. The van der Waals surface area contributed by atoms with Crippen LogP contribution in [0.4, 0.5) is 11.4 Å². The van der Waals surface area contributed by atoms with E-state index >= 15 is 0 Å². The monoisotopic (exact) mass is 460 g/mol. The summed E-state index contributed by atoms with van der Waals surface area (Å²) in [5.41, 5.74) is -0.997. The molecular weight excluding hydrogens is 443 g/mol. The van der Waals surface area contributed by atoms with Crippen LogP contribution >= 0.6 is 23.2 Å². The molecule has 0 saturated carbocycles. The zero-order chi connectivity index (χ0) is 22.5. The van der Waals surface area contributed by atoms with E-state index in [0.29, 0.717) is 21.4 Å². The quantitative estimate of drug-likeness (QED) is 0.516. The van der Waals surface area contributed by atoms with Crippen LogP contribution in [0.5, 0.6) is 0 Å². The summed E-state index contributed by atoms with van der Waals surface area (Å²) in [6.45, 7) is 3.14. The maximum Gasteiger partial charge on any atom is 0.333 e. The Morgan fingerprint density at radius 1 is 0.968 bits per heavy atom. The molecule has 4 rings (SSSR count). The number of carbonyl (C=O) groups is 4. The van der Waals surface area contributed by atoms with Gasteiger partial charge in [0.1, 0.15) is 6.04 Å². The zero-order valence-electron chi connectivity index (χ0n) is 16.7.